The monoisotopic (exact) mass is 294 g/mol. The number of aliphatic carboxylic acids is 1. The van der Waals surface area contributed by atoms with Gasteiger partial charge in [-0.15, -0.1) is 0 Å². The molecule has 1 aromatic rings. The van der Waals surface area contributed by atoms with Crippen LogP contribution < -0.4 is 15.8 Å². The molecule has 0 saturated heterocycles. The van der Waals surface area contributed by atoms with Crippen molar-refractivity contribution in [3.05, 3.63) is 23.8 Å². The number of hydrogen-bond donors (Lipinski definition) is 3. The molecule has 1 rings (SSSR count). The molecule has 0 saturated carbocycles. The zero-order valence-electron chi connectivity index (χ0n) is 12.4. The van der Waals surface area contributed by atoms with Gasteiger partial charge in [-0.2, -0.15) is 0 Å². The highest BCUT2D eigenvalue weighted by atomic mass is 16.5. The average molecular weight is 294 g/mol. The van der Waals surface area contributed by atoms with Crippen LogP contribution in [0.3, 0.4) is 0 Å². The van der Waals surface area contributed by atoms with Gasteiger partial charge in [-0.3, -0.25) is 9.59 Å². The fourth-order valence-electron chi connectivity index (χ4n) is 1.62. The molecular formula is C15H22N2O4. The molecule has 0 aliphatic carbocycles. The molecule has 6 heteroatoms. The summed E-state index contributed by atoms with van der Waals surface area (Å²) in [6, 6.07) is 4.95. The molecule has 6 nitrogen and oxygen atoms in total. The lowest BCUT2D eigenvalue weighted by molar-refractivity contribution is -0.137. The minimum absolute atomic E-state index is 0.0211. The van der Waals surface area contributed by atoms with E-state index >= 15 is 0 Å². The van der Waals surface area contributed by atoms with Crippen LogP contribution >= 0.6 is 0 Å². The third-order valence-electron chi connectivity index (χ3n) is 2.71. The SMILES string of the molecule is CC(C)COc1ccc(N)c(C(=O)NCCCC(=O)O)c1. The first-order valence-electron chi connectivity index (χ1n) is 6.92. The normalized spacial score (nSPS) is 10.4. The third kappa shape index (κ3) is 6.16. The van der Waals surface area contributed by atoms with Gasteiger partial charge in [-0.05, 0) is 30.5 Å². The molecule has 0 heterocycles. The lowest BCUT2D eigenvalue weighted by atomic mass is 10.1. The summed E-state index contributed by atoms with van der Waals surface area (Å²) in [6.45, 7) is 4.92. The number of nitrogen functional groups attached to an aromatic ring is 1. The van der Waals surface area contributed by atoms with E-state index in [1.807, 2.05) is 13.8 Å². The molecule has 116 valence electrons. The molecule has 0 aliphatic rings. The van der Waals surface area contributed by atoms with Gasteiger partial charge in [0.25, 0.3) is 5.91 Å². The molecule has 0 aromatic heterocycles. The van der Waals surface area contributed by atoms with Crippen molar-refractivity contribution in [2.45, 2.75) is 26.7 Å². The Kier molecular flexibility index (Phi) is 6.52. The van der Waals surface area contributed by atoms with Crippen LogP contribution in [-0.2, 0) is 4.79 Å². The van der Waals surface area contributed by atoms with Crippen molar-refractivity contribution in [3.8, 4) is 5.75 Å². The summed E-state index contributed by atoms with van der Waals surface area (Å²) in [7, 11) is 0. The minimum Gasteiger partial charge on any atom is -0.493 e. The lowest BCUT2D eigenvalue weighted by Gasteiger charge is -2.12. The predicted octanol–water partition coefficient (Wildman–Crippen LogP) is 1.90. The van der Waals surface area contributed by atoms with E-state index in [1.165, 1.54) is 0 Å². The van der Waals surface area contributed by atoms with Crippen molar-refractivity contribution in [1.29, 1.82) is 0 Å². The van der Waals surface area contributed by atoms with E-state index in [0.717, 1.165) is 0 Å². The highest BCUT2D eigenvalue weighted by Gasteiger charge is 2.11. The smallest absolute Gasteiger partial charge is 0.303 e. The van der Waals surface area contributed by atoms with Crippen molar-refractivity contribution in [2.75, 3.05) is 18.9 Å². The van der Waals surface area contributed by atoms with Crippen LogP contribution in [0.5, 0.6) is 5.75 Å². The fraction of sp³-hybridized carbons (Fsp3) is 0.467. The summed E-state index contributed by atoms with van der Waals surface area (Å²) in [5.74, 6) is -0.231. The van der Waals surface area contributed by atoms with Gasteiger partial charge in [0.1, 0.15) is 5.75 Å². The molecule has 0 bridgehead atoms. The molecule has 21 heavy (non-hydrogen) atoms. The molecule has 0 unspecified atom stereocenters. The Morgan fingerprint density at radius 1 is 1.38 bits per heavy atom. The molecule has 0 radical (unpaired) electrons. The van der Waals surface area contributed by atoms with Crippen LogP contribution in [0.1, 0.15) is 37.0 Å². The van der Waals surface area contributed by atoms with Crippen LogP contribution in [0.15, 0.2) is 18.2 Å². The number of hydrogen-bond acceptors (Lipinski definition) is 4. The lowest BCUT2D eigenvalue weighted by Crippen LogP contribution is -2.25. The third-order valence-corrected chi connectivity index (χ3v) is 2.71. The second-order valence-corrected chi connectivity index (χ2v) is 5.21. The maximum absolute atomic E-state index is 12.0. The Morgan fingerprint density at radius 3 is 2.71 bits per heavy atom. The molecular weight excluding hydrogens is 272 g/mol. The van der Waals surface area contributed by atoms with E-state index < -0.39 is 5.97 Å². The van der Waals surface area contributed by atoms with E-state index in [9.17, 15) is 9.59 Å². The Hall–Kier alpha value is -2.24. The van der Waals surface area contributed by atoms with Gasteiger partial charge in [-0.1, -0.05) is 13.8 Å². The summed E-state index contributed by atoms with van der Waals surface area (Å²) in [4.78, 5) is 22.4. The first kappa shape index (κ1) is 16.8. The maximum atomic E-state index is 12.0. The van der Waals surface area contributed by atoms with Gasteiger partial charge in [0, 0.05) is 18.7 Å². The topological polar surface area (TPSA) is 102 Å². The van der Waals surface area contributed by atoms with Crippen LogP contribution in [-0.4, -0.2) is 30.1 Å². The Morgan fingerprint density at radius 2 is 2.10 bits per heavy atom. The van der Waals surface area contributed by atoms with Gasteiger partial charge in [0.15, 0.2) is 0 Å². The number of benzene rings is 1. The van der Waals surface area contributed by atoms with Gasteiger partial charge in [0.2, 0.25) is 0 Å². The molecule has 0 fully saturated rings. The fourth-order valence-corrected chi connectivity index (χ4v) is 1.62. The standard InChI is InChI=1S/C15H22N2O4/c1-10(2)9-21-11-5-6-13(16)12(8-11)15(20)17-7-3-4-14(18)19/h5-6,8,10H,3-4,7,9,16H2,1-2H3,(H,17,20)(H,18,19). The van der Waals surface area contributed by atoms with Crippen LogP contribution in [0.2, 0.25) is 0 Å². The predicted molar refractivity (Wildman–Crippen MR) is 80.4 cm³/mol. The second kappa shape index (κ2) is 8.14. The second-order valence-electron chi connectivity index (χ2n) is 5.21. The number of rotatable bonds is 8. The number of amides is 1. The van der Waals surface area contributed by atoms with E-state index in [1.54, 1.807) is 18.2 Å². The number of carbonyl (C=O) groups is 2. The first-order chi connectivity index (χ1) is 9.90. The zero-order chi connectivity index (χ0) is 15.8. The summed E-state index contributed by atoms with van der Waals surface area (Å²) in [6.07, 6.45) is 0.401. The van der Waals surface area contributed by atoms with Gasteiger partial charge in [0.05, 0.1) is 12.2 Å². The highest BCUT2D eigenvalue weighted by molar-refractivity contribution is 5.99. The van der Waals surface area contributed by atoms with Crippen molar-refractivity contribution in [2.24, 2.45) is 5.92 Å². The van der Waals surface area contributed by atoms with E-state index in [-0.39, 0.29) is 12.3 Å². The molecule has 0 spiro atoms. The van der Waals surface area contributed by atoms with Crippen molar-refractivity contribution >= 4 is 17.6 Å². The number of ether oxygens (including phenoxy) is 1. The number of anilines is 1. The highest BCUT2D eigenvalue weighted by Crippen LogP contribution is 2.20. The Balaban J connectivity index is 2.61. The molecule has 1 amide bonds. The van der Waals surface area contributed by atoms with E-state index in [0.29, 0.717) is 42.5 Å². The number of carbonyl (C=O) groups excluding carboxylic acids is 1. The quantitative estimate of drug-likeness (QED) is 0.502. The first-order valence-corrected chi connectivity index (χ1v) is 6.92. The van der Waals surface area contributed by atoms with Crippen molar-refractivity contribution in [3.63, 3.8) is 0 Å². The average Bonchev–Trinajstić information content (AvgIpc) is 2.42. The number of carboxylic acids is 1. The zero-order valence-corrected chi connectivity index (χ0v) is 12.4. The van der Waals surface area contributed by atoms with Crippen LogP contribution in [0.25, 0.3) is 0 Å². The maximum Gasteiger partial charge on any atom is 0.303 e. The largest absolute Gasteiger partial charge is 0.493 e. The summed E-state index contributed by atoms with van der Waals surface area (Å²) < 4.78 is 5.56. The summed E-state index contributed by atoms with van der Waals surface area (Å²) in [5, 5.41) is 11.2. The molecule has 1 aromatic carbocycles. The Labute approximate surface area is 124 Å². The van der Waals surface area contributed by atoms with E-state index in [4.69, 9.17) is 15.6 Å². The van der Waals surface area contributed by atoms with Crippen LogP contribution in [0, 0.1) is 5.92 Å². The van der Waals surface area contributed by atoms with Crippen LogP contribution in [0.4, 0.5) is 5.69 Å². The van der Waals surface area contributed by atoms with Crippen molar-refractivity contribution < 1.29 is 19.4 Å². The molecule has 0 atom stereocenters. The number of nitrogens with two attached hydrogens (primary N) is 1. The molecule has 0 aliphatic heterocycles. The summed E-state index contributed by atoms with van der Waals surface area (Å²) in [5.41, 5.74) is 6.49. The number of carboxylic acid groups (broad SMARTS) is 1. The van der Waals surface area contributed by atoms with Crippen molar-refractivity contribution in [1.82, 2.24) is 5.32 Å². The Bertz CT molecular complexity index is 500. The molecule has 4 N–H and O–H groups in total. The summed E-state index contributed by atoms with van der Waals surface area (Å²) >= 11 is 0. The van der Waals surface area contributed by atoms with Gasteiger partial charge in [-0.25, -0.2) is 0 Å². The number of nitrogens with one attached hydrogen (secondary N) is 1. The van der Waals surface area contributed by atoms with Gasteiger partial charge >= 0.3 is 5.97 Å². The minimum atomic E-state index is -0.882. The van der Waals surface area contributed by atoms with E-state index in [2.05, 4.69) is 5.32 Å². The van der Waals surface area contributed by atoms with Gasteiger partial charge < -0.3 is 20.9 Å².